The molecule has 1 aromatic heterocycles. The molecule has 4 heteroatoms. The topological polar surface area (TPSA) is 53.1 Å². The molecule has 0 aliphatic heterocycles. The number of aromatic nitrogens is 2. The number of nitrogens with two attached hydrogens (primary N) is 1. The van der Waals surface area contributed by atoms with Gasteiger partial charge < -0.3 is 10.5 Å². The van der Waals surface area contributed by atoms with Gasteiger partial charge in [-0.15, -0.1) is 0 Å². The molecule has 0 spiro atoms. The molecule has 2 rings (SSSR count). The highest BCUT2D eigenvalue weighted by molar-refractivity contribution is 5.30. The monoisotopic (exact) mass is 237 g/mol. The molecule has 1 aliphatic rings. The molecule has 0 aromatic carbocycles. The van der Waals surface area contributed by atoms with E-state index in [1.54, 1.807) is 13.3 Å². The number of nitrogens with zero attached hydrogens (tertiary/aromatic N) is 2. The van der Waals surface area contributed by atoms with E-state index in [0.717, 1.165) is 11.4 Å². The Morgan fingerprint density at radius 3 is 2.53 bits per heavy atom. The summed E-state index contributed by atoms with van der Waals surface area (Å²) in [6, 6.07) is 0.326. The lowest BCUT2D eigenvalue weighted by Crippen LogP contribution is -2.21. The molecule has 1 aliphatic carbocycles. The molecule has 2 N–H and O–H groups in total. The summed E-state index contributed by atoms with van der Waals surface area (Å²) in [5.74, 6) is 1.35. The summed E-state index contributed by atoms with van der Waals surface area (Å²) in [7, 11) is 1.68. The maximum absolute atomic E-state index is 6.39. The third-order valence-corrected chi connectivity index (χ3v) is 3.85. The summed E-state index contributed by atoms with van der Waals surface area (Å²) in [6.07, 6.45) is 2.95. The van der Waals surface area contributed by atoms with E-state index in [1.165, 1.54) is 6.42 Å². The highest BCUT2D eigenvalue weighted by Gasteiger charge is 2.50. The average molecular weight is 237 g/mol. The predicted molar refractivity (Wildman–Crippen MR) is 68.0 cm³/mol. The number of hydrogen-bond acceptors (Lipinski definition) is 3. The molecule has 96 valence electrons. The third-order valence-electron chi connectivity index (χ3n) is 3.85. The van der Waals surface area contributed by atoms with Crippen molar-refractivity contribution < 1.29 is 4.74 Å². The van der Waals surface area contributed by atoms with Crippen LogP contribution in [0.15, 0.2) is 6.20 Å². The van der Waals surface area contributed by atoms with E-state index in [2.05, 4.69) is 32.8 Å². The van der Waals surface area contributed by atoms with Gasteiger partial charge in [0.2, 0.25) is 0 Å². The van der Waals surface area contributed by atoms with Crippen LogP contribution in [0.3, 0.4) is 0 Å². The van der Waals surface area contributed by atoms with Gasteiger partial charge in [-0.2, -0.15) is 5.10 Å². The van der Waals surface area contributed by atoms with Crippen LogP contribution in [0.5, 0.6) is 5.75 Å². The minimum Gasteiger partial charge on any atom is -0.493 e. The molecule has 0 amide bonds. The maximum atomic E-state index is 6.39. The Bertz CT molecular complexity index is 409. The maximum Gasteiger partial charge on any atom is 0.161 e. The van der Waals surface area contributed by atoms with E-state index >= 15 is 0 Å². The quantitative estimate of drug-likeness (QED) is 0.875. The zero-order valence-corrected chi connectivity index (χ0v) is 11.4. The van der Waals surface area contributed by atoms with E-state index in [1.807, 2.05) is 4.68 Å². The second-order valence-corrected chi connectivity index (χ2v) is 5.96. The Hall–Kier alpha value is -1.03. The highest BCUT2D eigenvalue weighted by Crippen LogP contribution is 2.57. The van der Waals surface area contributed by atoms with Gasteiger partial charge in [-0.25, -0.2) is 0 Å². The Kier molecular flexibility index (Phi) is 2.94. The first-order valence-electron chi connectivity index (χ1n) is 6.25. The van der Waals surface area contributed by atoms with Gasteiger partial charge in [-0.3, -0.25) is 4.68 Å². The van der Waals surface area contributed by atoms with Crippen LogP contribution in [0.25, 0.3) is 0 Å². The van der Waals surface area contributed by atoms with Crippen LogP contribution in [0.2, 0.25) is 0 Å². The fraction of sp³-hybridized carbons (Fsp3) is 0.769. The first-order chi connectivity index (χ1) is 7.88. The summed E-state index contributed by atoms with van der Waals surface area (Å²) in [6.45, 7) is 8.75. The van der Waals surface area contributed by atoms with Crippen LogP contribution in [0.1, 0.15) is 51.9 Å². The van der Waals surface area contributed by atoms with Gasteiger partial charge in [0.05, 0.1) is 25.0 Å². The van der Waals surface area contributed by atoms with Crippen LogP contribution in [-0.2, 0) is 0 Å². The summed E-state index contributed by atoms with van der Waals surface area (Å²) in [4.78, 5) is 0. The van der Waals surface area contributed by atoms with E-state index in [9.17, 15) is 0 Å². The van der Waals surface area contributed by atoms with Crippen molar-refractivity contribution in [1.82, 2.24) is 9.78 Å². The number of hydrogen-bond donors (Lipinski definition) is 1. The van der Waals surface area contributed by atoms with Crippen molar-refractivity contribution in [3.63, 3.8) is 0 Å². The van der Waals surface area contributed by atoms with Crippen molar-refractivity contribution in [3.8, 4) is 5.75 Å². The fourth-order valence-electron chi connectivity index (χ4n) is 2.55. The summed E-state index contributed by atoms with van der Waals surface area (Å²) in [5.41, 5.74) is 7.79. The van der Waals surface area contributed by atoms with Gasteiger partial charge in [-0.05, 0) is 31.6 Å². The van der Waals surface area contributed by atoms with E-state index in [0.29, 0.717) is 17.4 Å². The molecule has 1 aromatic rings. The van der Waals surface area contributed by atoms with Gasteiger partial charge in [0.25, 0.3) is 0 Å². The third kappa shape index (κ3) is 2.06. The molecule has 2 unspecified atom stereocenters. The minimum atomic E-state index is 0.0184. The standard InChI is InChI=1S/C13H23N3O/c1-8(2)16-12(10(17-5)7-15-16)11(14)9-6-13(9,3)4/h7-9,11H,6,14H2,1-5H3. The zero-order chi connectivity index (χ0) is 12.8. The number of methoxy groups -OCH3 is 1. The molecule has 0 radical (unpaired) electrons. The van der Waals surface area contributed by atoms with Crippen molar-refractivity contribution in [2.75, 3.05) is 7.11 Å². The van der Waals surface area contributed by atoms with Crippen molar-refractivity contribution >= 4 is 0 Å². The molecule has 2 atom stereocenters. The van der Waals surface area contributed by atoms with Crippen LogP contribution >= 0.6 is 0 Å². The molecule has 0 bridgehead atoms. The van der Waals surface area contributed by atoms with Crippen LogP contribution in [0, 0.1) is 11.3 Å². The molecular formula is C13H23N3O. The van der Waals surface area contributed by atoms with Gasteiger partial charge >= 0.3 is 0 Å². The van der Waals surface area contributed by atoms with Crippen molar-refractivity contribution in [1.29, 1.82) is 0 Å². The smallest absolute Gasteiger partial charge is 0.161 e. The molecular weight excluding hydrogens is 214 g/mol. The van der Waals surface area contributed by atoms with Crippen LogP contribution in [-0.4, -0.2) is 16.9 Å². The molecule has 1 saturated carbocycles. The van der Waals surface area contributed by atoms with Gasteiger partial charge in [0, 0.05) is 6.04 Å². The Balaban J connectivity index is 2.33. The fourth-order valence-corrected chi connectivity index (χ4v) is 2.55. The lowest BCUT2D eigenvalue weighted by atomic mass is 10.0. The first kappa shape index (κ1) is 12.4. The minimum absolute atomic E-state index is 0.0184. The van der Waals surface area contributed by atoms with Gasteiger partial charge in [-0.1, -0.05) is 13.8 Å². The van der Waals surface area contributed by atoms with Gasteiger partial charge in [0.15, 0.2) is 5.75 Å². The summed E-state index contributed by atoms with van der Waals surface area (Å²) >= 11 is 0. The second kappa shape index (κ2) is 4.02. The van der Waals surface area contributed by atoms with Crippen LogP contribution < -0.4 is 10.5 Å². The van der Waals surface area contributed by atoms with E-state index < -0.39 is 0 Å². The average Bonchev–Trinajstić information content (AvgIpc) is 2.74. The Morgan fingerprint density at radius 2 is 2.12 bits per heavy atom. The lowest BCUT2D eigenvalue weighted by Gasteiger charge is -2.19. The molecule has 1 fully saturated rings. The van der Waals surface area contributed by atoms with Gasteiger partial charge in [0.1, 0.15) is 0 Å². The normalized spacial score (nSPS) is 23.8. The largest absolute Gasteiger partial charge is 0.493 e. The van der Waals surface area contributed by atoms with Crippen molar-refractivity contribution in [2.45, 2.75) is 46.2 Å². The van der Waals surface area contributed by atoms with E-state index in [-0.39, 0.29) is 6.04 Å². The highest BCUT2D eigenvalue weighted by atomic mass is 16.5. The number of ether oxygens (including phenoxy) is 1. The second-order valence-electron chi connectivity index (χ2n) is 5.96. The molecule has 0 saturated heterocycles. The molecule has 1 heterocycles. The lowest BCUT2D eigenvalue weighted by molar-refractivity contribution is 0.381. The van der Waals surface area contributed by atoms with Crippen LogP contribution in [0.4, 0.5) is 0 Å². The predicted octanol–water partition coefficient (Wildman–Crippen LogP) is 2.52. The Labute approximate surface area is 103 Å². The number of rotatable bonds is 4. The molecule has 4 nitrogen and oxygen atoms in total. The molecule has 17 heavy (non-hydrogen) atoms. The van der Waals surface area contributed by atoms with Crippen molar-refractivity contribution in [3.05, 3.63) is 11.9 Å². The van der Waals surface area contributed by atoms with Crippen molar-refractivity contribution in [2.24, 2.45) is 17.1 Å². The SMILES string of the molecule is COc1cnn(C(C)C)c1C(N)C1CC1(C)C. The van der Waals surface area contributed by atoms with E-state index in [4.69, 9.17) is 10.5 Å². The summed E-state index contributed by atoms with van der Waals surface area (Å²) < 4.78 is 7.36. The zero-order valence-electron chi connectivity index (χ0n) is 11.4. The first-order valence-corrected chi connectivity index (χ1v) is 6.25. The summed E-state index contributed by atoms with van der Waals surface area (Å²) in [5, 5.41) is 4.38. The Morgan fingerprint density at radius 1 is 1.53 bits per heavy atom.